The topological polar surface area (TPSA) is 76.3 Å². The normalized spacial score (nSPS) is 11.3. The number of nitrogen functional groups attached to an aromatic ring is 1. The van der Waals surface area contributed by atoms with Gasteiger partial charge in [-0.15, -0.1) is 0 Å². The van der Waals surface area contributed by atoms with E-state index in [0.29, 0.717) is 16.9 Å². The summed E-state index contributed by atoms with van der Waals surface area (Å²) in [6.07, 6.45) is 3.09. The Labute approximate surface area is 119 Å². The predicted molar refractivity (Wildman–Crippen MR) is 80.2 cm³/mol. The van der Waals surface area contributed by atoms with Gasteiger partial charge in [0.1, 0.15) is 4.90 Å². The van der Waals surface area contributed by atoms with Crippen molar-refractivity contribution in [3.8, 4) is 0 Å². The van der Waals surface area contributed by atoms with Crippen molar-refractivity contribution in [3.63, 3.8) is 0 Å². The van der Waals surface area contributed by atoms with Gasteiger partial charge in [0.05, 0.1) is 17.6 Å². The van der Waals surface area contributed by atoms with Crippen molar-refractivity contribution in [2.24, 2.45) is 0 Å². The van der Waals surface area contributed by atoms with Crippen LogP contribution in [0.1, 0.15) is 11.1 Å². The zero-order valence-electron chi connectivity index (χ0n) is 11.7. The molecule has 5 nitrogen and oxygen atoms in total. The Balaban J connectivity index is 2.60. The van der Waals surface area contributed by atoms with Gasteiger partial charge in [0.25, 0.3) is 10.0 Å². The lowest BCUT2D eigenvalue weighted by Crippen LogP contribution is -2.28. The lowest BCUT2D eigenvalue weighted by atomic mass is 10.1. The van der Waals surface area contributed by atoms with Gasteiger partial charge in [0.15, 0.2) is 0 Å². The summed E-state index contributed by atoms with van der Waals surface area (Å²) in [7, 11) is -2.21. The fourth-order valence-corrected chi connectivity index (χ4v) is 3.54. The van der Waals surface area contributed by atoms with Crippen molar-refractivity contribution in [3.05, 3.63) is 47.8 Å². The molecule has 2 N–H and O–H groups in total. The predicted octanol–water partition coefficient (Wildman–Crippen LogP) is 2.11. The zero-order valence-corrected chi connectivity index (χ0v) is 12.5. The minimum Gasteiger partial charge on any atom is -0.397 e. The number of anilines is 2. The Morgan fingerprint density at radius 3 is 2.40 bits per heavy atom. The lowest BCUT2D eigenvalue weighted by molar-refractivity contribution is 0.594. The molecule has 0 bridgehead atoms. The van der Waals surface area contributed by atoms with Gasteiger partial charge in [-0.25, -0.2) is 8.42 Å². The first kappa shape index (κ1) is 14.3. The molecule has 2 rings (SSSR count). The number of nitrogens with two attached hydrogens (primary N) is 1. The molecule has 106 valence electrons. The number of aryl methyl sites for hydroxylation is 2. The molecule has 0 aliphatic carbocycles. The third kappa shape index (κ3) is 2.34. The van der Waals surface area contributed by atoms with Crippen LogP contribution >= 0.6 is 0 Å². The van der Waals surface area contributed by atoms with Crippen LogP contribution in [0.2, 0.25) is 0 Å². The van der Waals surface area contributed by atoms with E-state index >= 15 is 0 Å². The number of hydrogen-bond acceptors (Lipinski definition) is 4. The standard InChI is InChI=1S/C14H17N3O2S/c1-10-6-7-11(2)14(13(10)15)20(18,19)17(3)12-5-4-8-16-9-12/h4-9H,15H2,1-3H3. The molecule has 1 heterocycles. The molecule has 0 atom stereocenters. The van der Waals surface area contributed by atoms with E-state index in [2.05, 4.69) is 4.98 Å². The van der Waals surface area contributed by atoms with Crippen molar-refractivity contribution < 1.29 is 8.42 Å². The largest absolute Gasteiger partial charge is 0.397 e. The van der Waals surface area contributed by atoms with E-state index in [0.717, 1.165) is 5.56 Å². The second-order valence-corrected chi connectivity index (χ2v) is 6.53. The van der Waals surface area contributed by atoms with E-state index in [1.54, 1.807) is 38.2 Å². The number of pyridine rings is 1. The Bertz CT molecular complexity index is 728. The summed E-state index contributed by atoms with van der Waals surface area (Å²) in [6, 6.07) is 6.95. The maximum Gasteiger partial charge on any atom is 0.266 e. The van der Waals surface area contributed by atoms with Crippen molar-refractivity contribution in [2.45, 2.75) is 18.7 Å². The number of aromatic nitrogens is 1. The first-order chi connectivity index (χ1) is 9.35. The van der Waals surface area contributed by atoms with E-state index in [4.69, 9.17) is 5.73 Å². The molecule has 0 radical (unpaired) electrons. The number of nitrogens with zero attached hydrogens (tertiary/aromatic N) is 2. The van der Waals surface area contributed by atoms with Crippen LogP contribution in [0, 0.1) is 13.8 Å². The van der Waals surface area contributed by atoms with Crippen molar-refractivity contribution in [1.29, 1.82) is 0 Å². The Morgan fingerprint density at radius 1 is 1.15 bits per heavy atom. The third-order valence-corrected chi connectivity index (χ3v) is 5.23. The molecule has 6 heteroatoms. The summed E-state index contributed by atoms with van der Waals surface area (Å²) in [5.41, 5.74) is 8.12. The minimum atomic E-state index is -3.71. The first-order valence-electron chi connectivity index (χ1n) is 6.10. The van der Waals surface area contributed by atoms with Gasteiger partial charge in [-0.2, -0.15) is 0 Å². The molecule has 0 amide bonds. The van der Waals surface area contributed by atoms with Crippen LogP contribution < -0.4 is 10.0 Å². The van der Waals surface area contributed by atoms with Gasteiger partial charge in [0.2, 0.25) is 0 Å². The van der Waals surface area contributed by atoms with Crippen LogP contribution in [0.3, 0.4) is 0 Å². The van der Waals surface area contributed by atoms with Crippen LogP contribution in [0.5, 0.6) is 0 Å². The molecule has 0 saturated heterocycles. The molecule has 0 aliphatic heterocycles. The number of hydrogen-bond donors (Lipinski definition) is 1. The van der Waals surface area contributed by atoms with Crippen molar-refractivity contribution in [1.82, 2.24) is 4.98 Å². The van der Waals surface area contributed by atoms with Crippen LogP contribution in [-0.4, -0.2) is 20.4 Å². The number of rotatable bonds is 3. The van der Waals surface area contributed by atoms with Gasteiger partial charge in [-0.05, 0) is 37.1 Å². The van der Waals surface area contributed by atoms with Crippen LogP contribution in [0.25, 0.3) is 0 Å². The fraction of sp³-hybridized carbons (Fsp3) is 0.214. The maximum atomic E-state index is 12.7. The molecule has 20 heavy (non-hydrogen) atoms. The molecule has 0 fully saturated rings. The summed E-state index contributed by atoms with van der Waals surface area (Å²) in [6.45, 7) is 3.53. The Morgan fingerprint density at radius 2 is 1.80 bits per heavy atom. The average molecular weight is 291 g/mol. The van der Waals surface area contributed by atoms with Gasteiger partial charge < -0.3 is 5.73 Å². The summed E-state index contributed by atoms with van der Waals surface area (Å²) < 4.78 is 26.7. The highest BCUT2D eigenvalue weighted by molar-refractivity contribution is 7.93. The lowest BCUT2D eigenvalue weighted by Gasteiger charge is -2.22. The Hall–Kier alpha value is -2.08. The zero-order chi connectivity index (χ0) is 14.9. The van der Waals surface area contributed by atoms with Crippen molar-refractivity contribution in [2.75, 3.05) is 17.1 Å². The van der Waals surface area contributed by atoms with E-state index in [1.165, 1.54) is 17.5 Å². The second kappa shape index (κ2) is 5.13. The van der Waals surface area contributed by atoms with Gasteiger partial charge in [0, 0.05) is 13.2 Å². The summed E-state index contributed by atoms with van der Waals surface area (Å²) in [4.78, 5) is 4.09. The molecule has 2 aromatic rings. The SMILES string of the molecule is Cc1ccc(C)c(S(=O)(=O)N(C)c2cccnc2)c1N. The third-order valence-electron chi connectivity index (χ3n) is 3.24. The summed E-state index contributed by atoms with van der Waals surface area (Å²) in [5, 5.41) is 0. The highest BCUT2D eigenvalue weighted by Crippen LogP contribution is 2.30. The minimum absolute atomic E-state index is 0.156. The molecule has 1 aromatic heterocycles. The van der Waals surface area contributed by atoms with Crippen LogP contribution in [0.4, 0.5) is 11.4 Å². The quantitative estimate of drug-likeness (QED) is 0.879. The average Bonchev–Trinajstić information content (AvgIpc) is 2.43. The molecular weight excluding hydrogens is 274 g/mol. The van der Waals surface area contributed by atoms with E-state index < -0.39 is 10.0 Å². The summed E-state index contributed by atoms with van der Waals surface area (Å²) in [5.74, 6) is 0. The molecule has 0 aliphatic rings. The number of sulfonamides is 1. The Kier molecular flexibility index (Phi) is 3.67. The monoisotopic (exact) mass is 291 g/mol. The van der Waals surface area contributed by atoms with Crippen molar-refractivity contribution >= 4 is 21.4 Å². The molecule has 0 spiro atoms. The maximum absolute atomic E-state index is 12.7. The van der Waals surface area contributed by atoms with Gasteiger partial charge in [-0.3, -0.25) is 9.29 Å². The van der Waals surface area contributed by atoms with Crippen LogP contribution in [0.15, 0.2) is 41.6 Å². The first-order valence-corrected chi connectivity index (χ1v) is 7.54. The molecule has 1 aromatic carbocycles. The fourth-order valence-electron chi connectivity index (χ4n) is 1.97. The molecule has 0 saturated carbocycles. The van der Waals surface area contributed by atoms with E-state index in [1.807, 2.05) is 6.07 Å². The van der Waals surface area contributed by atoms with Gasteiger partial charge in [-0.1, -0.05) is 12.1 Å². The smallest absolute Gasteiger partial charge is 0.266 e. The van der Waals surface area contributed by atoms with E-state index in [-0.39, 0.29) is 4.90 Å². The molecular formula is C14H17N3O2S. The highest BCUT2D eigenvalue weighted by Gasteiger charge is 2.26. The van der Waals surface area contributed by atoms with Crippen LogP contribution in [-0.2, 0) is 10.0 Å². The summed E-state index contributed by atoms with van der Waals surface area (Å²) >= 11 is 0. The number of benzene rings is 1. The molecule has 0 unspecified atom stereocenters. The van der Waals surface area contributed by atoms with E-state index in [9.17, 15) is 8.42 Å². The second-order valence-electron chi connectivity index (χ2n) is 4.63. The highest BCUT2D eigenvalue weighted by atomic mass is 32.2. The van der Waals surface area contributed by atoms with Gasteiger partial charge >= 0.3 is 0 Å².